The van der Waals surface area contributed by atoms with E-state index in [9.17, 15) is 46.0 Å². The van der Waals surface area contributed by atoms with Crippen molar-refractivity contribution in [1.29, 1.82) is 0 Å². The summed E-state index contributed by atoms with van der Waals surface area (Å²) < 4.78 is 24.7. The van der Waals surface area contributed by atoms with Crippen molar-refractivity contribution in [3.8, 4) is 0 Å². The van der Waals surface area contributed by atoms with E-state index in [-0.39, 0.29) is 51.4 Å². The third kappa shape index (κ3) is 7.10. The maximum atomic E-state index is 12.5. The van der Waals surface area contributed by atoms with Crippen LogP contribution in [0, 0.1) is 51.2 Å². The quantitative estimate of drug-likeness (QED) is 0.115. The fourth-order valence-electron chi connectivity index (χ4n) is 13.4. The van der Waals surface area contributed by atoms with Gasteiger partial charge in [0.25, 0.3) is 0 Å². The Hall–Kier alpha value is -0.780. The van der Waals surface area contributed by atoms with E-state index in [1.165, 1.54) is 5.57 Å². The molecular weight excluding hydrogens is 712 g/mol. The molecule has 0 bridgehead atoms. The van der Waals surface area contributed by atoms with E-state index in [2.05, 4.69) is 40.7 Å². The Morgan fingerprint density at radius 1 is 0.745 bits per heavy atom. The predicted octanol–water partition coefficient (Wildman–Crippen LogP) is 2.35. The van der Waals surface area contributed by atoms with Crippen LogP contribution in [0.3, 0.4) is 0 Å². The van der Waals surface area contributed by atoms with E-state index in [0.717, 1.165) is 32.1 Å². The largest absolute Gasteiger partial charge is 0.396 e. The third-order valence-corrected chi connectivity index (χ3v) is 16.8. The van der Waals surface area contributed by atoms with Crippen LogP contribution in [0.1, 0.15) is 113 Å². The van der Waals surface area contributed by atoms with Gasteiger partial charge in [-0.25, -0.2) is 0 Å². The first kappa shape index (κ1) is 43.8. The van der Waals surface area contributed by atoms with E-state index in [1.807, 2.05) is 20.8 Å². The standard InChI is InChI=1S/C42H72O13/c1-21(2)10-9-14-42(8,55-37-33(49)30(46)22(19-43)35(51)54-37)23-11-16-41(7)29(23)24(45)18-27-39(5)15-13-28(38(3,4)26(39)12-17-40(27,41)6)53-36-34(50)32(48)31(47)25(20-44)52-36/h10,22-37,43-51H,9,11-20H2,1-8H3/t22-,23+,24-,25+,26+,27-,28+,29-,30-,31+,32+,33+,34-,35-,36+,37+,39-,40-,41-,42+/m0/s1. The van der Waals surface area contributed by atoms with Gasteiger partial charge in [-0.3, -0.25) is 0 Å². The molecule has 2 saturated heterocycles. The topological polar surface area (TPSA) is 219 Å². The zero-order valence-electron chi connectivity index (χ0n) is 34.3. The number of aliphatic hydroxyl groups excluding tert-OH is 9. The van der Waals surface area contributed by atoms with Crippen molar-refractivity contribution < 1.29 is 64.9 Å². The summed E-state index contributed by atoms with van der Waals surface area (Å²) in [5.41, 5.74) is -0.610. The highest BCUT2D eigenvalue weighted by molar-refractivity contribution is 5.20. The van der Waals surface area contributed by atoms with E-state index < -0.39 is 86.3 Å². The summed E-state index contributed by atoms with van der Waals surface area (Å²) in [6.07, 6.45) is -4.24. The van der Waals surface area contributed by atoms with Crippen molar-refractivity contribution in [2.24, 2.45) is 51.2 Å². The third-order valence-electron chi connectivity index (χ3n) is 16.8. The van der Waals surface area contributed by atoms with Gasteiger partial charge in [-0.05, 0) is 124 Å². The molecule has 2 heterocycles. The van der Waals surface area contributed by atoms with Gasteiger partial charge in [0.15, 0.2) is 18.9 Å². The SMILES string of the molecule is CC(C)=CCC[C@@](C)(O[C@H]1O[C@H](O)[C@@H](CO)[C@H](O)[C@H]1O)[C@@H]1CC[C@@]2(C)[C@@H]1[C@@H](O)C[C@H]1[C@@]3(C)CC[C@@H](O[C@H]4O[C@H](CO)[C@@H](O)[C@@H](O)[C@@H]4O)C(C)(C)[C@H]3CC[C@@]12C. The number of rotatable bonds is 10. The molecule has 4 saturated carbocycles. The molecule has 4 aliphatic carbocycles. The number of ether oxygens (including phenoxy) is 4. The smallest absolute Gasteiger partial charge is 0.189 e. The second kappa shape index (κ2) is 15.7. The fraction of sp³-hybridized carbons (Fsp3) is 0.952. The average molecular weight is 785 g/mol. The monoisotopic (exact) mass is 784 g/mol. The van der Waals surface area contributed by atoms with Crippen molar-refractivity contribution in [3.05, 3.63) is 11.6 Å². The Labute approximate surface area is 327 Å². The highest BCUT2D eigenvalue weighted by Crippen LogP contribution is 2.76. The van der Waals surface area contributed by atoms with Gasteiger partial charge in [-0.1, -0.05) is 46.3 Å². The molecule has 0 unspecified atom stereocenters. The molecule has 9 N–H and O–H groups in total. The molecular formula is C42H72O13. The van der Waals surface area contributed by atoms with Gasteiger partial charge < -0.3 is 64.9 Å². The number of allylic oxidation sites excluding steroid dienone is 2. The molecule has 0 spiro atoms. The molecule has 0 aromatic rings. The zero-order chi connectivity index (χ0) is 40.6. The number of fused-ring (bicyclic) bond motifs is 5. The van der Waals surface area contributed by atoms with Crippen LogP contribution in [0.25, 0.3) is 0 Å². The summed E-state index contributed by atoms with van der Waals surface area (Å²) in [6, 6.07) is 0. The first-order chi connectivity index (χ1) is 25.6. The fourth-order valence-corrected chi connectivity index (χ4v) is 13.4. The molecule has 0 aromatic carbocycles. The van der Waals surface area contributed by atoms with Crippen LogP contribution >= 0.6 is 0 Å². The lowest BCUT2D eigenvalue weighted by atomic mass is 9.35. The summed E-state index contributed by atoms with van der Waals surface area (Å²) in [7, 11) is 0. The first-order valence-electron chi connectivity index (χ1n) is 20.9. The maximum Gasteiger partial charge on any atom is 0.189 e. The summed E-state index contributed by atoms with van der Waals surface area (Å²) in [5, 5.41) is 96.1. The summed E-state index contributed by atoms with van der Waals surface area (Å²) in [6.45, 7) is 16.6. The molecule has 0 amide bonds. The summed E-state index contributed by atoms with van der Waals surface area (Å²) >= 11 is 0. The molecule has 318 valence electrons. The highest BCUT2D eigenvalue weighted by atomic mass is 16.7. The lowest BCUT2D eigenvalue weighted by Crippen LogP contribution is -2.67. The molecule has 13 heteroatoms. The van der Waals surface area contributed by atoms with Crippen molar-refractivity contribution in [2.45, 2.75) is 186 Å². The van der Waals surface area contributed by atoms with Crippen LogP contribution in [0.2, 0.25) is 0 Å². The van der Waals surface area contributed by atoms with Gasteiger partial charge >= 0.3 is 0 Å². The van der Waals surface area contributed by atoms with Crippen LogP contribution < -0.4 is 0 Å². The minimum atomic E-state index is -1.51. The molecule has 6 fully saturated rings. The second-order valence-electron chi connectivity index (χ2n) is 20.1. The second-order valence-corrected chi connectivity index (χ2v) is 20.1. The maximum absolute atomic E-state index is 12.5. The Balaban J connectivity index is 1.26. The van der Waals surface area contributed by atoms with E-state index in [1.54, 1.807) is 0 Å². The Bertz CT molecular complexity index is 1370. The average Bonchev–Trinajstić information content (AvgIpc) is 3.50. The Kier molecular flexibility index (Phi) is 12.5. The highest BCUT2D eigenvalue weighted by Gasteiger charge is 2.72. The van der Waals surface area contributed by atoms with Crippen molar-refractivity contribution >= 4 is 0 Å². The summed E-state index contributed by atoms with van der Waals surface area (Å²) in [5.74, 6) is -0.876. The summed E-state index contributed by atoms with van der Waals surface area (Å²) in [4.78, 5) is 0. The molecule has 55 heavy (non-hydrogen) atoms. The van der Waals surface area contributed by atoms with Crippen molar-refractivity contribution in [3.63, 3.8) is 0 Å². The number of aliphatic hydroxyl groups is 9. The predicted molar refractivity (Wildman–Crippen MR) is 201 cm³/mol. The first-order valence-corrected chi connectivity index (χ1v) is 20.9. The molecule has 13 nitrogen and oxygen atoms in total. The van der Waals surface area contributed by atoms with Crippen LogP contribution in [-0.2, 0) is 18.9 Å². The number of hydrogen-bond donors (Lipinski definition) is 9. The Morgan fingerprint density at radius 3 is 2.04 bits per heavy atom. The van der Waals surface area contributed by atoms with Gasteiger partial charge in [0.05, 0.1) is 43.0 Å². The lowest BCUT2D eigenvalue weighted by Gasteiger charge is -2.71. The van der Waals surface area contributed by atoms with Gasteiger partial charge in [-0.15, -0.1) is 0 Å². The van der Waals surface area contributed by atoms with E-state index in [0.29, 0.717) is 25.7 Å². The van der Waals surface area contributed by atoms with Gasteiger partial charge in [-0.2, -0.15) is 0 Å². The molecule has 20 atom stereocenters. The molecule has 0 radical (unpaired) electrons. The van der Waals surface area contributed by atoms with Gasteiger partial charge in [0, 0.05) is 0 Å². The van der Waals surface area contributed by atoms with Gasteiger partial charge in [0.2, 0.25) is 0 Å². The molecule has 6 rings (SSSR count). The molecule has 0 aromatic heterocycles. The zero-order valence-corrected chi connectivity index (χ0v) is 34.3. The van der Waals surface area contributed by atoms with E-state index >= 15 is 0 Å². The van der Waals surface area contributed by atoms with E-state index in [4.69, 9.17) is 18.9 Å². The minimum Gasteiger partial charge on any atom is -0.396 e. The van der Waals surface area contributed by atoms with Crippen LogP contribution in [0.15, 0.2) is 11.6 Å². The Morgan fingerprint density at radius 2 is 1.40 bits per heavy atom. The van der Waals surface area contributed by atoms with Crippen molar-refractivity contribution in [1.82, 2.24) is 0 Å². The van der Waals surface area contributed by atoms with Gasteiger partial charge in [0.1, 0.15) is 30.5 Å². The van der Waals surface area contributed by atoms with Crippen LogP contribution in [-0.4, -0.2) is 132 Å². The minimum absolute atomic E-state index is 0.110. The number of hydrogen-bond acceptors (Lipinski definition) is 13. The van der Waals surface area contributed by atoms with Crippen LogP contribution in [0.5, 0.6) is 0 Å². The van der Waals surface area contributed by atoms with Crippen LogP contribution in [0.4, 0.5) is 0 Å². The molecule has 6 aliphatic rings. The normalized spacial score (nSPS) is 52.0. The van der Waals surface area contributed by atoms with Crippen molar-refractivity contribution in [2.75, 3.05) is 13.2 Å². The molecule has 2 aliphatic heterocycles. The lowest BCUT2D eigenvalue weighted by molar-refractivity contribution is -0.360.